The number of aromatic nitrogens is 1. The van der Waals surface area contributed by atoms with Gasteiger partial charge in [0, 0.05) is 48.2 Å². The molecule has 0 aliphatic carbocycles. The predicted molar refractivity (Wildman–Crippen MR) is 196 cm³/mol. The summed E-state index contributed by atoms with van der Waals surface area (Å²) in [6.45, 7) is 6.26. The van der Waals surface area contributed by atoms with E-state index in [1.807, 2.05) is 43.3 Å². The van der Waals surface area contributed by atoms with Crippen LogP contribution in [0.2, 0.25) is 10.0 Å². The second-order valence-corrected chi connectivity index (χ2v) is 13.2. The highest BCUT2D eigenvalue weighted by Crippen LogP contribution is 2.38. The van der Waals surface area contributed by atoms with Gasteiger partial charge in [0.2, 0.25) is 0 Å². The molecule has 3 N–H and O–H groups in total. The van der Waals surface area contributed by atoms with Crippen LogP contribution in [-0.2, 0) is 19.8 Å². The zero-order valence-corrected chi connectivity index (χ0v) is 29.8. The number of nitrogens with one attached hydrogen (secondary N) is 1. The van der Waals surface area contributed by atoms with Gasteiger partial charge in [-0.15, -0.1) is 0 Å². The quantitative estimate of drug-likeness (QED) is 0.0983. The Balaban J connectivity index is 1.30. The molecule has 1 fully saturated rings. The molecule has 264 valence electrons. The number of hydrogen-bond donors (Lipinski definition) is 3. The second-order valence-electron chi connectivity index (χ2n) is 12.4. The number of nitriles is 1. The number of rotatable bonds is 17. The molecular formula is C39H44Cl2N4O5. The molecular weight excluding hydrogens is 675 g/mol. The van der Waals surface area contributed by atoms with Crippen molar-refractivity contribution in [2.24, 2.45) is 0 Å². The van der Waals surface area contributed by atoms with Crippen LogP contribution >= 0.6 is 23.2 Å². The zero-order chi connectivity index (χ0) is 35.3. The Bertz CT molecular complexity index is 1760. The standard InChI is InChI=1S/C39H44Cl2N4O5/c1-27-30(8-5-9-33(27)34-10-6-11-36(39(34)41)48-15-7-14-45-12-3-2-4-13-45)26-50-38-18-37(49-25-29-16-28(19-42)20-43-21-29)31(17-35(38)40)22-44-32(23-46)24-47/h5-6,8-11,16-18,20-21,32,44,46-47H,2-4,7,12-15,22-26H2,1H3. The molecule has 2 heterocycles. The van der Waals surface area contributed by atoms with Crippen molar-refractivity contribution in [1.82, 2.24) is 15.2 Å². The molecule has 0 unspecified atom stereocenters. The van der Waals surface area contributed by atoms with Crippen molar-refractivity contribution in [2.45, 2.75) is 58.4 Å². The van der Waals surface area contributed by atoms with Gasteiger partial charge in [0.15, 0.2) is 0 Å². The van der Waals surface area contributed by atoms with E-state index in [4.69, 9.17) is 37.4 Å². The molecule has 3 aromatic carbocycles. The van der Waals surface area contributed by atoms with E-state index in [2.05, 4.69) is 21.3 Å². The number of ether oxygens (including phenoxy) is 3. The highest BCUT2D eigenvalue weighted by atomic mass is 35.5. The van der Waals surface area contributed by atoms with Crippen molar-refractivity contribution in [3.05, 3.63) is 105 Å². The lowest BCUT2D eigenvalue weighted by Crippen LogP contribution is -2.35. The zero-order valence-electron chi connectivity index (χ0n) is 28.3. The van der Waals surface area contributed by atoms with Crippen molar-refractivity contribution < 1.29 is 24.4 Å². The van der Waals surface area contributed by atoms with Gasteiger partial charge in [0.05, 0.1) is 41.5 Å². The molecule has 0 spiro atoms. The van der Waals surface area contributed by atoms with Crippen molar-refractivity contribution in [2.75, 3.05) is 39.5 Å². The summed E-state index contributed by atoms with van der Waals surface area (Å²) in [6, 6.07) is 18.7. The van der Waals surface area contributed by atoms with E-state index < -0.39 is 6.04 Å². The third-order valence-corrected chi connectivity index (χ3v) is 9.55. The largest absolute Gasteiger partial charge is 0.492 e. The highest BCUT2D eigenvalue weighted by molar-refractivity contribution is 6.35. The molecule has 1 saturated heterocycles. The summed E-state index contributed by atoms with van der Waals surface area (Å²) in [5, 5.41) is 32.4. The fourth-order valence-electron chi connectivity index (χ4n) is 5.96. The van der Waals surface area contributed by atoms with E-state index in [0.29, 0.717) is 45.0 Å². The highest BCUT2D eigenvalue weighted by Gasteiger charge is 2.17. The summed E-state index contributed by atoms with van der Waals surface area (Å²) in [7, 11) is 0. The fourth-order valence-corrected chi connectivity index (χ4v) is 6.48. The molecule has 50 heavy (non-hydrogen) atoms. The first kappa shape index (κ1) is 37.4. The normalized spacial score (nSPS) is 13.3. The number of benzene rings is 3. The van der Waals surface area contributed by atoms with E-state index in [9.17, 15) is 15.5 Å². The minimum Gasteiger partial charge on any atom is -0.492 e. The van der Waals surface area contributed by atoms with Gasteiger partial charge in [-0.1, -0.05) is 60.0 Å². The lowest BCUT2D eigenvalue weighted by molar-refractivity contribution is 0.170. The fraction of sp³-hybridized carbons (Fsp3) is 0.385. The van der Waals surface area contributed by atoms with Gasteiger partial charge < -0.3 is 34.6 Å². The number of halogens is 2. The van der Waals surface area contributed by atoms with E-state index in [-0.39, 0.29) is 33.0 Å². The number of pyridine rings is 1. The summed E-state index contributed by atoms with van der Waals surface area (Å²) in [5.41, 5.74) is 5.73. The number of likely N-dealkylation sites (tertiary alicyclic amines) is 1. The smallest absolute Gasteiger partial charge is 0.142 e. The Morgan fingerprint density at radius 3 is 2.42 bits per heavy atom. The third-order valence-electron chi connectivity index (χ3n) is 8.86. The average Bonchev–Trinajstić information content (AvgIpc) is 3.14. The SMILES string of the molecule is Cc1c(COc2cc(OCc3cncc(C#N)c3)c(CNC(CO)CO)cc2Cl)cccc1-c1cccc(OCCCN2CCCCC2)c1Cl. The van der Waals surface area contributed by atoms with Crippen LogP contribution in [0.1, 0.15) is 53.5 Å². The molecule has 0 amide bonds. The Kier molecular flexibility index (Phi) is 14.1. The molecule has 0 bridgehead atoms. The molecule has 11 heteroatoms. The number of piperidine rings is 1. The first-order chi connectivity index (χ1) is 24.4. The van der Waals surface area contributed by atoms with Crippen molar-refractivity contribution in [3.63, 3.8) is 0 Å². The van der Waals surface area contributed by atoms with Crippen molar-refractivity contribution >= 4 is 23.2 Å². The van der Waals surface area contributed by atoms with Gasteiger partial charge in [0.1, 0.15) is 36.5 Å². The van der Waals surface area contributed by atoms with E-state index in [0.717, 1.165) is 40.8 Å². The summed E-state index contributed by atoms with van der Waals surface area (Å²) < 4.78 is 18.6. The van der Waals surface area contributed by atoms with E-state index in [1.54, 1.807) is 24.4 Å². The minimum atomic E-state index is -0.505. The second kappa shape index (κ2) is 18.9. The maximum absolute atomic E-state index is 9.53. The Labute approximate surface area is 304 Å². The van der Waals surface area contributed by atoms with Crippen LogP contribution in [0, 0.1) is 18.3 Å². The van der Waals surface area contributed by atoms with Crippen LogP contribution in [-0.4, -0.2) is 65.6 Å². The maximum Gasteiger partial charge on any atom is 0.142 e. The van der Waals surface area contributed by atoms with Crippen LogP contribution in [0.4, 0.5) is 0 Å². The molecule has 5 rings (SSSR count). The van der Waals surface area contributed by atoms with Crippen molar-refractivity contribution in [1.29, 1.82) is 5.26 Å². The van der Waals surface area contributed by atoms with Gasteiger partial charge in [-0.05, 0) is 74.2 Å². The van der Waals surface area contributed by atoms with Crippen LogP contribution in [0.25, 0.3) is 11.1 Å². The molecule has 1 aliphatic heterocycles. The summed E-state index contributed by atoms with van der Waals surface area (Å²) in [6.07, 6.45) is 7.97. The van der Waals surface area contributed by atoms with Crippen LogP contribution < -0.4 is 19.5 Å². The maximum atomic E-state index is 9.53. The third kappa shape index (κ3) is 10.1. The van der Waals surface area contributed by atoms with Crippen LogP contribution in [0.5, 0.6) is 17.2 Å². The molecule has 1 aromatic heterocycles. The van der Waals surface area contributed by atoms with Crippen molar-refractivity contribution in [3.8, 4) is 34.4 Å². The van der Waals surface area contributed by atoms with Gasteiger partial charge in [-0.2, -0.15) is 5.26 Å². The first-order valence-electron chi connectivity index (χ1n) is 17.0. The van der Waals surface area contributed by atoms with Gasteiger partial charge in [-0.25, -0.2) is 0 Å². The van der Waals surface area contributed by atoms with Gasteiger partial charge >= 0.3 is 0 Å². The summed E-state index contributed by atoms with van der Waals surface area (Å²) in [4.78, 5) is 6.62. The molecule has 4 aromatic rings. The molecule has 0 saturated carbocycles. The van der Waals surface area contributed by atoms with E-state index >= 15 is 0 Å². The first-order valence-corrected chi connectivity index (χ1v) is 17.8. The molecule has 9 nitrogen and oxygen atoms in total. The van der Waals surface area contributed by atoms with Crippen LogP contribution in [0.15, 0.2) is 67.0 Å². The summed E-state index contributed by atoms with van der Waals surface area (Å²) in [5.74, 6) is 1.61. The lowest BCUT2D eigenvalue weighted by atomic mass is 9.96. The number of aliphatic hydroxyl groups excluding tert-OH is 2. The minimum absolute atomic E-state index is 0.156. The molecule has 0 radical (unpaired) electrons. The number of aliphatic hydroxyl groups is 2. The lowest BCUT2D eigenvalue weighted by Gasteiger charge is -2.26. The number of nitrogens with zero attached hydrogens (tertiary/aromatic N) is 3. The topological polar surface area (TPSA) is 120 Å². The molecule has 1 aliphatic rings. The monoisotopic (exact) mass is 718 g/mol. The van der Waals surface area contributed by atoms with Gasteiger partial charge in [0.25, 0.3) is 0 Å². The van der Waals surface area contributed by atoms with Gasteiger partial charge in [-0.3, -0.25) is 4.98 Å². The average molecular weight is 720 g/mol. The van der Waals surface area contributed by atoms with Crippen LogP contribution in [0.3, 0.4) is 0 Å². The number of hydrogen-bond acceptors (Lipinski definition) is 9. The molecule has 0 atom stereocenters. The Morgan fingerprint density at radius 2 is 1.64 bits per heavy atom. The Morgan fingerprint density at radius 1 is 0.880 bits per heavy atom. The predicted octanol–water partition coefficient (Wildman–Crippen LogP) is 7.09. The van der Waals surface area contributed by atoms with E-state index in [1.165, 1.54) is 38.5 Å². The Hall–Kier alpha value is -3.88. The summed E-state index contributed by atoms with van der Waals surface area (Å²) >= 11 is 13.6.